The summed E-state index contributed by atoms with van der Waals surface area (Å²) >= 11 is 6.10. The zero-order chi connectivity index (χ0) is 23.6. The smallest absolute Gasteiger partial charge is 0.255 e. The molecular formula is C24H29ClN4O4. The van der Waals surface area contributed by atoms with Gasteiger partial charge in [-0.3, -0.25) is 9.69 Å². The van der Waals surface area contributed by atoms with Crippen molar-refractivity contribution in [2.24, 2.45) is 0 Å². The van der Waals surface area contributed by atoms with Gasteiger partial charge in [-0.05, 0) is 43.7 Å². The van der Waals surface area contributed by atoms with Gasteiger partial charge in [-0.15, -0.1) is 0 Å². The number of carbonyl (C=O) groups excluding carboxylic acids is 1. The molecule has 0 aromatic heterocycles. The molecule has 2 aromatic rings. The second-order valence-electron chi connectivity index (χ2n) is 7.64. The van der Waals surface area contributed by atoms with Crippen LogP contribution in [0.1, 0.15) is 29.3 Å². The van der Waals surface area contributed by atoms with Crippen LogP contribution in [0.2, 0.25) is 5.02 Å². The highest BCUT2D eigenvalue weighted by molar-refractivity contribution is 6.33. The average Bonchev–Trinajstić information content (AvgIpc) is 2.83. The van der Waals surface area contributed by atoms with E-state index in [1.54, 1.807) is 30.3 Å². The minimum absolute atomic E-state index is 0.109. The first-order valence-corrected chi connectivity index (χ1v) is 11.3. The van der Waals surface area contributed by atoms with Crippen LogP contribution < -0.4 is 20.5 Å². The molecule has 1 aliphatic rings. The van der Waals surface area contributed by atoms with Crippen LogP contribution in [0.4, 0.5) is 5.69 Å². The largest absolute Gasteiger partial charge is 0.494 e. The standard InChI is InChI=1S/C24H29ClN4O4/c1-2-31-23-13-22(27)21(25)12-20(23)24(30)28-15-19-16-29(9-11-33-19)8-3-10-32-18-6-4-17(14-26)5-7-18/h4-7,12-13,19H,2-3,8-11,15-16,27H2,1H3,(H,28,30). The quantitative estimate of drug-likeness (QED) is 0.404. The summed E-state index contributed by atoms with van der Waals surface area (Å²) < 4.78 is 17.1. The maximum atomic E-state index is 12.7. The molecule has 176 valence electrons. The Labute approximate surface area is 199 Å². The Bertz CT molecular complexity index is 978. The molecule has 8 nitrogen and oxygen atoms in total. The number of nitrogen functional groups attached to an aromatic ring is 1. The molecule has 2 aromatic carbocycles. The Morgan fingerprint density at radius 3 is 2.85 bits per heavy atom. The van der Waals surface area contributed by atoms with Gasteiger partial charge in [-0.25, -0.2) is 0 Å². The van der Waals surface area contributed by atoms with Crippen LogP contribution in [0.15, 0.2) is 36.4 Å². The minimum atomic E-state index is -0.281. The number of amides is 1. The summed E-state index contributed by atoms with van der Waals surface area (Å²) in [5, 5.41) is 12.1. The Morgan fingerprint density at radius 2 is 2.12 bits per heavy atom. The predicted octanol–water partition coefficient (Wildman–Crippen LogP) is 3.09. The fraction of sp³-hybridized carbons (Fsp3) is 0.417. The van der Waals surface area contributed by atoms with Crippen LogP contribution in [0, 0.1) is 11.3 Å². The van der Waals surface area contributed by atoms with Gasteiger partial charge in [0.05, 0.1) is 53.8 Å². The number of rotatable bonds is 10. The summed E-state index contributed by atoms with van der Waals surface area (Å²) in [5.74, 6) is 0.882. The molecule has 3 N–H and O–H groups in total. The number of nitrogens with one attached hydrogen (secondary N) is 1. The van der Waals surface area contributed by atoms with Crippen molar-refractivity contribution in [2.75, 3.05) is 51.7 Å². The number of halogens is 1. The highest BCUT2D eigenvalue weighted by atomic mass is 35.5. The van der Waals surface area contributed by atoms with Crippen LogP contribution in [0.3, 0.4) is 0 Å². The van der Waals surface area contributed by atoms with Crippen molar-refractivity contribution < 1.29 is 19.0 Å². The van der Waals surface area contributed by atoms with Gasteiger partial charge >= 0.3 is 0 Å². The monoisotopic (exact) mass is 472 g/mol. The average molecular weight is 473 g/mol. The number of nitriles is 1. The van der Waals surface area contributed by atoms with E-state index in [9.17, 15) is 4.79 Å². The lowest BCUT2D eigenvalue weighted by molar-refractivity contribution is -0.0274. The summed E-state index contributed by atoms with van der Waals surface area (Å²) in [5.41, 5.74) is 7.16. The highest BCUT2D eigenvalue weighted by Gasteiger charge is 2.22. The molecule has 0 bridgehead atoms. The zero-order valence-corrected chi connectivity index (χ0v) is 19.4. The fourth-order valence-corrected chi connectivity index (χ4v) is 3.70. The van der Waals surface area contributed by atoms with Crippen molar-refractivity contribution in [1.29, 1.82) is 5.26 Å². The van der Waals surface area contributed by atoms with E-state index in [2.05, 4.69) is 16.3 Å². The summed E-state index contributed by atoms with van der Waals surface area (Å²) in [6.45, 7) is 6.25. The van der Waals surface area contributed by atoms with Gasteiger partial charge in [0.25, 0.3) is 5.91 Å². The van der Waals surface area contributed by atoms with Crippen molar-refractivity contribution in [3.05, 3.63) is 52.5 Å². The van der Waals surface area contributed by atoms with Gasteiger partial charge in [-0.2, -0.15) is 5.26 Å². The lowest BCUT2D eigenvalue weighted by Crippen LogP contribution is -2.47. The number of hydrogen-bond acceptors (Lipinski definition) is 7. The van der Waals surface area contributed by atoms with Crippen molar-refractivity contribution in [1.82, 2.24) is 10.2 Å². The Hall–Kier alpha value is -2.99. The number of benzene rings is 2. The molecule has 1 atom stereocenters. The third-order valence-electron chi connectivity index (χ3n) is 5.23. The molecule has 1 unspecified atom stereocenters. The van der Waals surface area contributed by atoms with Crippen molar-refractivity contribution >= 4 is 23.2 Å². The van der Waals surface area contributed by atoms with Crippen LogP contribution in [0.25, 0.3) is 0 Å². The summed E-state index contributed by atoms with van der Waals surface area (Å²) in [7, 11) is 0. The Kier molecular flexibility index (Phi) is 9.19. The van der Waals surface area contributed by atoms with E-state index in [-0.39, 0.29) is 12.0 Å². The lowest BCUT2D eigenvalue weighted by atomic mass is 10.1. The normalized spacial score (nSPS) is 16.1. The Balaban J connectivity index is 1.43. The number of nitrogens with two attached hydrogens (primary N) is 1. The van der Waals surface area contributed by atoms with E-state index in [0.717, 1.165) is 31.8 Å². The molecule has 9 heteroatoms. The first-order valence-electron chi connectivity index (χ1n) is 11.0. The van der Waals surface area contributed by atoms with Crippen LogP contribution in [-0.4, -0.2) is 62.9 Å². The van der Waals surface area contributed by atoms with Gasteiger partial charge in [-0.1, -0.05) is 11.6 Å². The fourth-order valence-electron chi connectivity index (χ4n) is 3.53. The molecule has 1 saturated heterocycles. The number of hydrogen-bond donors (Lipinski definition) is 2. The molecule has 0 spiro atoms. The number of nitrogens with zero attached hydrogens (tertiary/aromatic N) is 2. The number of anilines is 1. The van der Waals surface area contributed by atoms with E-state index in [0.29, 0.717) is 54.0 Å². The molecule has 0 aliphatic carbocycles. The van der Waals surface area contributed by atoms with E-state index in [1.807, 2.05) is 6.92 Å². The van der Waals surface area contributed by atoms with E-state index in [1.165, 1.54) is 6.07 Å². The second kappa shape index (κ2) is 12.3. The van der Waals surface area contributed by atoms with E-state index >= 15 is 0 Å². The van der Waals surface area contributed by atoms with E-state index in [4.69, 9.17) is 36.8 Å². The molecule has 33 heavy (non-hydrogen) atoms. The summed E-state index contributed by atoms with van der Waals surface area (Å²) in [4.78, 5) is 15.0. The molecule has 3 rings (SSSR count). The number of carbonyl (C=O) groups is 1. The molecule has 1 amide bonds. The Morgan fingerprint density at radius 1 is 1.33 bits per heavy atom. The van der Waals surface area contributed by atoms with Crippen molar-refractivity contribution in [2.45, 2.75) is 19.4 Å². The highest BCUT2D eigenvalue weighted by Crippen LogP contribution is 2.29. The van der Waals surface area contributed by atoms with Gasteiger partial charge in [0.15, 0.2) is 0 Å². The second-order valence-corrected chi connectivity index (χ2v) is 8.05. The third-order valence-corrected chi connectivity index (χ3v) is 5.55. The SMILES string of the molecule is CCOc1cc(N)c(Cl)cc1C(=O)NCC1CN(CCCOc2ccc(C#N)cc2)CCO1. The van der Waals surface area contributed by atoms with Gasteiger partial charge in [0.1, 0.15) is 11.5 Å². The number of ether oxygens (including phenoxy) is 3. The molecule has 0 radical (unpaired) electrons. The van der Waals surface area contributed by atoms with Crippen molar-refractivity contribution in [3.8, 4) is 17.6 Å². The molecule has 1 fully saturated rings. The van der Waals surface area contributed by atoms with Crippen LogP contribution in [-0.2, 0) is 4.74 Å². The molecule has 1 aliphatic heterocycles. The van der Waals surface area contributed by atoms with Gasteiger partial charge in [0, 0.05) is 32.2 Å². The van der Waals surface area contributed by atoms with Gasteiger partial charge in [0.2, 0.25) is 0 Å². The van der Waals surface area contributed by atoms with Gasteiger partial charge < -0.3 is 25.3 Å². The zero-order valence-electron chi connectivity index (χ0n) is 18.7. The molecule has 1 heterocycles. The maximum Gasteiger partial charge on any atom is 0.255 e. The number of morpholine rings is 1. The first kappa shape index (κ1) is 24.6. The van der Waals surface area contributed by atoms with E-state index < -0.39 is 0 Å². The third kappa shape index (κ3) is 7.26. The van der Waals surface area contributed by atoms with Crippen LogP contribution in [0.5, 0.6) is 11.5 Å². The first-order chi connectivity index (χ1) is 16.0. The summed E-state index contributed by atoms with van der Waals surface area (Å²) in [6, 6.07) is 12.3. The minimum Gasteiger partial charge on any atom is -0.494 e. The molecule has 0 saturated carbocycles. The van der Waals surface area contributed by atoms with Crippen LogP contribution >= 0.6 is 11.6 Å². The topological polar surface area (TPSA) is 110 Å². The molecular weight excluding hydrogens is 444 g/mol. The maximum absolute atomic E-state index is 12.7. The van der Waals surface area contributed by atoms with Crippen molar-refractivity contribution in [3.63, 3.8) is 0 Å². The predicted molar refractivity (Wildman–Crippen MR) is 127 cm³/mol. The summed E-state index contributed by atoms with van der Waals surface area (Å²) in [6.07, 6.45) is 0.753. The lowest BCUT2D eigenvalue weighted by Gasteiger charge is -2.33.